The number of fused-ring (bicyclic) bond motifs is 3. The molecule has 0 spiro atoms. The Bertz CT molecular complexity index is 559. The summed E-state index contributed by atoms with van der Waals surface area (Å²) in [4.78, 5) is 0. The van der Waals surface area contributed by atoms with Crippen molar-refractivity contribution in [2.75, 3.05) is 0 Å². The van der Waals surface area contributed by atoms with Crippen LogP contribution in [0, 0.1) is 11.6 Å². The molecule has 2 aromatic carbocycles. The third-order valence-electron chi connectivity index (χ3n) is 2.90. The van der Waals surface area contributed by atoms with Crippen LogP contribution in [-0.2, 0) is 0 Å². The standard InChI is InChI=1S/C14H8F2/c1-8-13-6-9(15)2-4-11(13)12-5-3-10(16)7-14(8)12/h2-7H,1H2. The van der Waals surface area contributed by atoms with Crippen molar-refractivity contribution in [2.24, 2.45) is 0 Å². The van der Waals surface area contributed by atoms with Crippen LogP contribution in [0.3, 0.4) is 0 Å². The molecule has 78 valence electrons. The van der Waals surface area contributed by atoms with Gasteiger partial charge in [0.05, 0.1) is 0 Å². The molecule has 2 heteroatoms. The molecule has 0 saturated heterocycles. The van der Waals surface area contributed by atoms with Crippen molar-refractivity contribution in [3.63, 3.8) is 0 Å². The van der Waals surface area contributed by atoms with Crippen molar-refractivity contribution in [1.29, 1.82) is 0 Å². The normalized spacial score (nSPS) is 12.5. The first-order chi connectivity index (χ1) is 7.66. The first-order valence-corrected chi connectivity index (χ1v) is 4.96. The van der Waals surface area contributed by atoms with E-state index in [9.17, 15) is 8.78 Å². The van der Waals surface area contributed by atoms with Crippen LogP contribution < -0.4 is 0 Å². The SMILES string of the molecule is C=C1c2cc(F)ccc2-c2ccc(F)cc21. The highest BCUT2D eigenvalue weighted by Gasteiger charge is 2.22. The molecule has 0 amide bonds. The Morgan fingerprint density at radius 3 is 1.56 bits per heavy atom. The molecule has 16 heavy (non-hydrogen) atoms. The van der Waals surface area contributed by atoms with Gasteiger partial charge in [-0.05, 0) is 52.1 Å². The molecule has 0 saturated carbocycles. The number of hydrogen-bond donors (Lipinski definition) is 0. The van der Waals surface area contributed by atoms with E-state index in [1.165, 1.54) is 24.3 Å². The van der Waals surface area contributed by atoms with E-state index in [-0.39, 0.29) is 11.6 Å². The van der Waals surface area contributed by atoms with Crippen LogP contribution in [0.1, 0.15) is 11.1 Å². The monoisotopic (exact) mass is 214 g/mol. The molecule has 0 bridgehead atoms. The van der Waals surface area contributed by atoms with Gasteiger partial charge in [-0.3, -0.25) is 0 Å². The molecular weight excluding hydrogens is 206 g/mol. The summed E-state index contributed by atoms with van der Waals surface area (Å²) in [5.41, 5.74) is 4.02. The Kier molecular flexibility index (Phi) is 1.75. The Labute approximate surface area is 91.9 Å². The Hall–Kier alpha value is -1.96. The second-order valence-electron chi connectivity index (χ2n) is 3.86. The van der Waals surface area contributed by atoms with Gasteiger partial charge in [-0.1, -0.05) is 18.7 Å². The fraction of sp³-hybridized carbons (Fsp3) is 0. The van der Waals surface area contributed by atoms with Crippen molar-refractivity contribution >= 4 is 5.57 Å². The Morgan fingerprint density at radius 2 is 1.12 bits per heavy atom. The van der Waals surface area contributed by atoms with Gasteiger partial charge in [0, 0.05) is 0 Å². The number of hydrogen-bond acceptors (Lipinski definition) is 0. The Balaban J connectivity index is 2.34. The van der Waals surface area contributed by atoms with Crippen molar-refractivity contribution in [2.45, 2.75) is 0 Å². The fourth-order valence-electron chi connectivity index (χ4n) is 2.15. The summed E-state index contributed by atoms with van der Waals surface area (Å²) in [5.74, 6) is -0.596. The summed E-state index contributed by atoms with van der Waals surface area (Å²) < 4.78 is 26.2. The van der Waals surface area contributed by atoms with E-state index in [2.05, 4.69) is 6.58 Å². The third kappa shape index (κ3) is 1.13. The second kappa shape index (κ2) is 3.01. The molecular formula is C14H8F2. The van der Waals surface area contributed by atoms with E-state index in [1.807, 2.05) is 0 Å². The van der Waals surface area contributed by atoms with Gasteiger partial charge in [0.25, 0.3) is 0 Å². The zero-order valence-corrected chi connectivity index (χ0v) is 8.43. The predicted octanol–water partition coefficient (Wildman–Crippen LogP) is 4.01. The lowest BCUT2D eigenvalue weighted by Crippen LogP contribution is -1.81. The summed E-state index contributed by atoms with van der Waals surface area (Å²) in [5, 5.41) is 0. The summed E-state index contributed by atoms with van der Waals surface area (Å²) in [6, 6.07) is 9.11. The number of rotatable bonds is 0. The molecule has 0 heterocycles. The molecule has 0 radical (unpaired) electrons. The van der Waals surface area contributed by atoms with Crippen LogP contribution in [-0.4, -0.2) is 0 Å². The van der Waals surface area contributed by atoms with Crippen LogP contribution >= 0.6 is 0 Å². The Morgan fingerprint density at radius 1 is 0.688 bits per heavy atom. The minimum Gasteiger partial charge on any atom is -0.207 e. The molecule has 1 aliphatic carbocycles. The first-order valence-electron chi connectivity index (χ1n) is 4.96. The zero-order valence-electron chi connectivity index (χ0n) is 8.43. The highest BCUT2D eigenvalue weighted by Crippen LogP contribution is 2.43. The first kappa shape index (κ1) is 9.28. The van der Waals surface area contributed by atoms with Gasteiger partial charge in [0.2, 0.25) is 0 Å². The maximum atomic E-state index is 13.1. The smallest absolute Gasteiger partial charge is 0.123 e. The molecule has 0 fully saturated rings. The zero-order chi connectivity index (χ0) is 11.3. The van der Waals surface area contributed by atoms with Crippen LogP contribution in [0.15, 0.2) is 43.0 Å². The van der Waals surface area contributed by atoms with E-state index in [1.54, 1.807) is 12.1 Å². The quantitative estimate of drug-likeness (QED) is 0.530. The molecule has 0 atom stereocenters. The van der Waals surface area contributed by atoms with Gasteiger partial charge in [-0.2, -0.15) is 0 Å². The molecule has 0 aromatic heterocycles. The molecule has 2 aromatic rings. The molecule has 3 rings (SSSR count). The molecule has 0 nitrogen and oxygen atoms in total. The highest BCUT2D eigenvalue weighted by atomic mass is 19.1. The maximum absolute atomic E-state index is 13.1. The van der Waals surface area contributed by atoms with Gasteiger partial charge in [0.1, 0.15) is 11.6 Å². The number of benzene rings is 2. The van der Waals surface area contributed by atoms with Gasteiger partial charge >= 0.3 is 0 Å². The average molecular weight is 214 g/mol. The summed E-state index contributed by atoms with van der Waals surface area (Å²) in [6.07, 6.45) is 0. The van der Waals surface area contributed by atoms with E-state index in [0.717, 1.165) is 22.3 Å². The van der Waals surface area contributed by atoms with Gasteiger partial charge in [-0.15, -0.1) is 0 Å². The summed E-state index contributed by atoms with van der Waals surface area (Å²) in [6.45, 7) is 3.89. The lowest BCUT2D eigenvalue weighted by Gasteiger charge is -1.99. The van der Waals surface area contributed by atoms with E-state index >= 15 is 0 Å². The van der Waals surface area contributed by atoms with Crippen LogP contribution in [0.25, 0.3) is 16.7 Å². The number of halogens is 2. The average Bonchev–Trinajstić information content (AvgIpc) is 2.53. The van der Waals surface area contributed by atoms with Crippen LogP contribution in [0.5, 0.6) is 0 Å². The van der Waals surface area contributed by atoms with E-state index in [4.69, 9.17) is 0 Å². The van der Waals surface area contributed by atoms with Gasteiger partial charge < -0.3 is 0 Å². The largest absolute Gasteiger partial charge is 0.207 e. The van der Waals surface area contributed by atoms with Gasteiger partial charge in [-0.25, -0.2) is 8.78 Å². The highest BCUT2D eigenvalue weighted by molar-refractivity contribution is 6.00. The van der Waals surface area contributed by atoms with Crippen LogP contribution in [0.4, 0.5) is 8.78 Å². The molecule has 0 N–H and O–H groups in total. The van der Waals surface area contributed by atoms with Crippen molar-refractivity contribution in [1.82, 2.24) is 0 Å². The lowest BCUT2D eigenvalue weighted by atomic mass is 10.1. The predicted molar refractivity (Wildman–Crippen MR) is 59.9 cm³/mol. The van der Waals surface area contributed by atoms with Crippen LogP contribution in [0.2, 0.25) is 0 Å². The topological polar surface area (TPSA) is 0 Å². The summed E-state index contributed by atoms with van der Waals surface area (Å²) in [7, 11) is 0. The summed E-state index contributed by atoms with van der Waals surface area (Å²) >= 11 is 0. The third-order valence-corrected chi connectivity index (χ3v) is 2.90. The minimum absolute atomic E-state index is 0.298. The van der Waals surface area contributed by atoms with E-state index in [0.29, 0.717) is 5.57 Å². The van der Waals surface area contributed by atoms with E-state index < -0.39 is 0 Å². The molecule has 0 unspecified atom stereocenters. The van der Waals surface area contributed by atoms with Crippen molar-refractivity contribution in [3.8, 4) is 11.1 Å². The fourth-order valence-corrected chi connectivity index (χ4v) is 2.15. The van der Waals surface area contributed by atoms with Crippen molar-refractivity contribution < 1.29 is 8.78 Å². The van der Waals surface area contributed by atoms with Crippen molar-refractivity contribution in [3.05, 3.63) is 65.7 Å². The maximum Gasteiger partial charge on any atom is 0.123 e. The minimum atomic E-state index is -0.298. The van der Waals surface area contributed by atoms with Gasteiger partial charge in [0.15, 0.2) is 0 Å². The lowest BCUT2D eigenvalue weighted by molar-refractivity contribution is 0.627. The second-order valence-corrected chi connectivity index (χ2v) is 3.86. The molecule has 0 aliphatic heterocycles. The molecule has 1 aliphatic rings.